The van der Waals surface area contributed by atoms with E-state index in [0.29, 0.717) is 0 Å². The molecule has 0 aromatic heterocycles. The molecule has 0 saturated heterocycles. The maximum absolute atomic E-state index is 10.1. The Morgan fingerprint density at radius 3 is 1.67 bits per heavy atom. The molecule has 0 aliphatic carbocycles. The van der Waals surface area contributed by atoms with E-state index in [1.54, 1.807) is 0 Å². The zero-order valence-electron chi connectivity index (χ0n) is 9.69. The van der Waals surface area contributed by atoms with Crippen molar-refractivity contribution in [1.29, 1.82) is 0 Å². The highest BCUT2D eigenvalue weighted by Gasteiger charge is 2.03. The van der Waals surface area contributed by atoms with E-state index in [1.807, 2.05) is 0 Å². The molecule has 3 N–H and O–H groups in total. The molecular formula is C11H16O7. The largest absolute Gasteiger partial charge is 0.478 e. The quantitative estimate of drug-likeness (QED) is 0.364. The van der Waals surface area contributed by atoms with Gasteiger partial charge in [0.05, 0.1) is 26.4 Å². The molecule has 0 atom stereocenters. The number of hydrogen-bond acceptors (Lipinski definition) is 5. The molecule has 0 aromatic carbocycles. The van der Waals surface area contributed by atoms with Gasteiger partial charge in [-0.1, -0.05) is 12.2 Å². The molecule has 102 valence electrons. The first-order chi connectivity index (χ1) is 8.52. The summed E-state index contributed by atoms with van der Waals surface area (Å²) in [5.74, 6) is -2.12. The highest BCUT2D eigenvalue weighted by atomic mass is 16.5. The van der Waals surface area contributed by atoms with Gasteiger partial charge < -0.3 is 24.8 Å². The van der Waals surface area contributed by atoms with Gasteiger partial charge in [-0.25, -0.2) is 9.59 Å². The molecule has 0 saturated carbocycles. The number of aliphatic carboxylic acids is 2. The van der Waals surface area contributed by atoms with Crippen molar-refractivity contribution in [3.8, 4) is 0 Å². The molecule has 0 aliphatic heterocycles. The van der Waals surface area contributed by atoms with Crippen LogP contribution in [0, 0.1) is 0 Å². The van der Waals surface area contributed by atoms with Gasteiger partial charge in [0.15, 0.2) is 0 Å². The molecule has 0 radical (unpaired) electrons. The highest BCUT2D eigenvalue weighted by molar-refractivity contribution is 5.79. The first-order valence-electron chi connectivity index (χ1n) is 5.15. The van der Waals surface area contributed by atoms with E-state index >= 15 is 0 Å². The van der Waals surface area contributed by atoms with Crippen LogP contribution in [0.25, 0.3) is 0 Å². The van der Waals surface area contributed by atoms with Gasteiger partial charge in [-0.3, -0.25) is 0 Å². The molecule has 0 spiro atoms. The van der Waals surface area contributed by atoms with Crippen molar-refractivity contribution in [2.75, 3.05) is 26.4 Å². The van der Waals surface area contributed by atoms with Crippen LogP contribution >= 0.6 is 0 Å². The Hall–Kier alpha value is -1.70. The van der Waals surface area contributed by atoms with Crippen LogP contribution < -0.4 is 0 Å². The van der Waals surface area contributed by atoms with Crippen LogP contribution in [0.2, 0.25) is 0 Å². The summed E-state index contributed by atoms with van der Waals surface area (Å²) in [5, 5.41) is 25.9. The Morgan fingerprint density at radius 1 is 0.944 bits per heavy atom. The van der Waals surface area contributed by atoms with Gasteiger partial charge in [-0.15, -0.1) is 0 Å². The fourth-order valence-electron chi connectivity index (χ4n) is 0.890. The third kappa shape index (κ3) is 12.4. The topological polar surface area (TPSA) is 113 Å². The van der Waals surface area contributed by atoms with Gasteiger partial charge in [0.1, 0.15) is 6.10 Å². The summed E-state index contributed by atoms with van der Waals surface area (Å²) < 4.78 is 9.90. The Bertz CT molecular complexity index is 279. The molecular weight excluding hydrogens is 244 g/mol. The van der Waals surface area contributed by atoms with Crippen molar-refractivity contribution in [2.45, 2.75) is 6.10 Å². The second kappa shape index (κ2) is 10.5. The summed E-state index contributed by atoms with van der Waals surface area (Å²) in [5.41, 5.74) is 0. The Morgan fingerprint density at radius 2 is 1.33 bits per heavy atom. The number of carboxylic acid groups (broad SMARTS) is 2. The van der Waals surface area contributed by atoms with Crippen molar-refractivity contribution >= 4 is 11.9 Å². The fourth-order valence-corrected chi connectivity index (χ4v) is 0.890. The third-order valence-electron chi connectivity index (χ3n) is 1.57. The zero-order valence-corrected chi connectivity index (χ0v) is 9.69. The second-order valence-corrected chi connectivity index (χ2v) is 3.21. The van der Waals surface area contributed by atoms with Gasteiger partial charge in [0.25, 0.3) is 0 Å². The molecule has 0 rings (SSSR count). The Kier molecular flexibility index (Phi) is 9.47. The van der Waals surface area contributed by atoms with Crippen LogP contribution in [0.5, 0.6) is 0 Å². The lowest BCUT2D eigenvalue weighted by atomic mass is 10.4. The molecule has 0 aliphatic rings. The smallest absolute Gasteiger partial charge is 0.328 e. The highest BCUT2D eigenvalue weighted by Crippen LogP contribution is 1.89. The Labute approximate surface area is 104 Å². The third-order valence-corrected chi connectivity index (χ3v) is 1.57. The van der Waals surface area contributed by atoms with Crippen LogP contribution in [0.3, 0.4) is 0 Å². The molecule has 0 unspecified atom stereocenters. The summed E-state index contributed by atoms with van der Waals surface area (Å²) in [7, 11) is 0. The number of carboxylic acids is 2. The normalized spacial score (nSPS) is 13.2. The minimum Gasteiger partial charge on any atom is -0.478 e. The number of rotatable bonds is 10. The Balaban J connectivity index is 3.45. The lowest BCUT2D eigenvalue weighted by Crippen LogP contribution is -2.21. The summed E-state index contributed by atoms with van der Waals surface area (Å²) >= 11 is 0. The van der Waals surface area contributed by atoms with Crippen molar-refractivity contribution in [3.63, 3.8) is 0 Å². The van der Waals surface area contributed by atoms with Gasteiger partial charge in [-0.2, -0.15) is 0 Å². The average Bonchev–Trinajstić information content (AvgIpc) is 2.27. The molecule has 7 nitrogen and oxygen atoms in total. The van der Waals surface area contributed by atoms with Gasteiger partial charge in [0, 0.05) is 12.2 Å². The van der Waals surface area contributed by atoms with Gasteiger partial charge in [-0.05, 0) is 0 Å². The van der Waals surface area contributed by atoms with Crippen molar-refractivity contribution in [3.05, 3.63) is 24.3 Å². The van der Waals surface area contributed by atoms with Crippen molar-refractivity contribution in [2.24, 2.45) is 0 Å². The standard InChI is InChI=1S/C11H16O7/c12-9(7-17-5-1-3-10(13)14)8-18-6-2-4-11(15)16/h1-4,9,12H,5-8H2,(H,13,14)(H,15,16). The number of carbonyl (C=O) groups is 2. The minimum absolute atomic E-state index is 0.00655. The van der Waals surface area contributed by atoms with E-state index in [-0.39, 0.29) is 26.4 Å². The summed E-state index contributed by atoms with van der Waals surface area (Å²) in [6.07, 6.45) is 3.66. The maximum atomic E-state index is 10.1. The van der Waals surface area contributed by atoms with Crippen LogP contribution in [0.4, 0.5) is 0 Å². The summed E-state index contributed by atoms with van der Waals surface area (Å²) in [6, 6.07) is 0. The van der Waals surface area contributed by atoms with Crippen LogP contribution in [0.1, 0.15) is 0 Å². The number of aliphatic hydroxyl groups excluding tert-OH is 1. The van der Waals surface area contributed by atoms with Gasteiger partial charge >= 0.3 is 11.9 Å². The minimum atomic E-state index is -1.06. The SMILES string of the molecule is O=C(O)C=CCOCC(O)COCC=CC(=O)O. The predicted molar refractivity (Wildman–Crippen MR) is 61.2 cm³/mol. The van der Waals surface area contributed by atoms with E-state index in [2.05, 4.69) is 0 Å². The fraction of sp³-hybridized carbons (Fsp3) is 0.455. The van der Waals surface area contributed by atoms with Crippen LogP contribution in [0.15, 0.2) is 24.3 Å². The molecule has 0 amide bonds. The van der Waals surface area contributed by atoms with Gasteiger partial charge in [0.2, 0.25) is 0 Å². The summed E-state index contributed by atoms with van der Waals surface area (Å²) in [4.78, 5) is 20.2. The molecule has 0 fully saturated rings. The summed E-state index contributed by atoms with van der Waals surface area (Å²) in [6.45, 7) is 0.184. The first-order valence-corrected chi connectivity index (χ1v) is 5.15. The predicted octanol–water partition coefficient (Wildman–Crippen LogP) is -0.338. The van der Waals surface area contributed by atoms with Crippen molar-refractivity contribution < 1.29 is 34.4 Å². The maximum Gasteiger partial charge on any atom is 0.328 e. The van der Waals surface area contributed by atoms with Crippen molar-refractivity contribution in [1.82, 2.24) is 0 Å². The number of aliphatic hydroxyl groups is 1. The van der Waals surface area contributed by atoms with Crippen LogP contribution in [-0.2, 0) is 19.1 Å². The molecule has 0 bridgehead atoms. The zero-order chi connectivity index (χ0) is 13.8. The molecule has 0 aromatic rings. The van der Waals surface area contributed by atoms with E-state index in [1.165, 1.54) is 12.2 Å². The molecule has 18 heavy (non-hydrogen) atoms. The van der Waals surface area contributed by atoms with E-state index < -0.39 is 18.0 Å². The second-order valence-electron chi connectivity index (χ2n) is 3.21. The lowest BCUT2D eigenvalue weighted by Gasteiger charge is -2.09. The monoisotopic (exact) mass is 260 g/mol. The molecule has 7 heteroatoms. The van der Waals surface area contributed by atoms with E-state index in [0.717, 1.165) is 12.2 Å². The average molecular weight is 260 g/mol. The lowest BCUT2D eigenvalue weighted by molar-refractivity contribution is -0.132. The van der Waals surface area contributed by atoms with E-state index in [4.69, 9.17) is 19.7 Å². The first kappa shape index (κ1) is 16.3. The number of hydrogen-bond donors (Lipinski definition) is 3. The van der Waals surface area contributed by atoms with E-state index in [9.17, 15) is 14.7 Å². The van der Waals surface area contributed by atoms with Crippen LogP contribution in [-0.4, -0.2) is 59.8 Å². The molecule has 0 heterocycles. The number of ether oxygens (including phenoxy) is 2.